The molecule has 26 heavy (non-hydrogen) atoms. The van der Waals surface area contributed by atoms with E-state index in [1.807, 2.05) is 57.2 Å². The van der Waals surface area contributed by atoms with Crippen molar-refractivity contribution in [2.75, 3.05) is 0 Å². The first-order valence-corrected chi connectivity index (χ1v) is 8.24. The van der Waals surface area contributed by atoms with E-state index in [-0.39, 0.29) is 5.84 Å². The molecule has 0 saturated heterocycles. The third-order valence-corrected chi connectivity index (χ3v) is 4.14. The van der Waals surface area contributed by atoms with Crippen LogP contribution in [0.1, 0.15) is 32.7 Å². The van der Waals surface area contributed by atoms with Gasteiger partial charge >= 0.3 is 0 Å². The average molecular weight is 348 g/mol. The topological polar surface area (TPSA) is 109 Å². The van der Waals surface area contributed by atoms with Gasteiger partial charge in [-0.2, -0.15) is 0 Å². The number of hydrogen-bond acceptors (Lipinski definition) is 3. The third-order valence-electron chi connectivity index (χ3n) is 4.14. The maximum Gasteiger partial charge on any atom is 0.166 e. The summed E-state index contributed by atoms with van der Waals surface area (Å²) in [5.41, 5.74) is 17.5. The number of aromatic amines is 1. The highest BCUT2D eigenvalue weighted by atomic mass is 16.1. The Hall–Kier alpha value is -3.34. The molecule has 0 aliphatic heterocycles. The minimum Gasteiger partial charge on any atom is -0.398 e. The number of aryl methyl sites for hydroxylation is 3. The van der Waals surface area contributed by atoms with Gasteiger partial charge in [-0.1, -0.05) is 35.9 Å². The van der Waals surface area contributed by atoms with Crippen molar-refractivity contribution in [3.8, 4) is 0 Å². The van der Waals surface area contributed by atoms with Gasteiger partial charge in [0.1, 0.15) is 5.84 Å². The molecule has 0 fully saturated rings. The molecule has 5 heteroatoms. The van der Waals surface area contributed by atoms with E-state index in [1.54, 1.807) is 0 Å². The molecular formula is C21H24N4O. The number of carbonyl (C=O) groups excluding carboxylic acids is 1. The smallest absolute Gasteiger partial charge is 0.166 e. The molecule has 134 valence electrons. The highest BCUT2D eigenvalue weighted by molar-refractivity contribution is 5.95. The van der Waals surface area contributed by atoms with Gasteiger partial charge in [0.25, 0.3) is 0 Å². The maximum absolute atomic E-state index is 10.7. The molecule has 1 aromatic heterocycles. The van der Waals surface area contributed by atoms with Crippen molar-refractivity contribution >= 4 is 28.7 Å². The first-order valence-electron chi connectivity index (χ1n) is 8.24. The van der Waals surface area contributed by atoms with E-state index < -0.39 is 0 Å². The molecule has 0 amide bonds. The first kappa shape index (κ1) is 19.0. The van der Waals surface area contributed by atoms with Crippen LogP contribution in [0.4, 0.5) is 0 Å². The summed E-state index contributed by atoms with van der Waals surface area (Å²) in [6.07, 6.45) is 2.31. The fraction of sp³-hybridized carbons (Fsp3) is 0.143. The molecule has 1 heterocycles. The van der Waals surface area contributed by atoms with Crippen molar-refractivity contribution in [3.63, 3.8) is 0 Å². The first-order chi connectivity index (χ1) is 12.3. The van der Waals surface area contributed by atoms with Crippen LogP contribution < -0.4 is 11.5 Å². The summed E-state index contributed by atoms with van der Waals surface area (Å²) >= 11 is 0. The van der Waals surface area contributed by atoms with Gasteiger partial charge < -0.3 is 16.5 Å². The Morgan fingerprint density at radius 2 is 1.77 bits per heavy atom. The molecule has 3 aromatic rings. The fourth-order valence-corrected chi connectivity index (χ4v) is 2.72. The lowest BCUT2D eigenvalue weighted by molar-refractivity contribution is 0.111. The molecule has 0 saturated carbocycles. The fourth-order valence-electron chi connectivity index (χ4n) is 2.72. The molecule has 0 bridgehead atoms. The molecular weight excluding hydrogens is 324 g/mol. The summed E-state index contributed by atoms with van der Waals surface area (Å²) in [4.78, 5) is 13.7. The minimum absolute atomic E-state index is 0.0271. The highest BCUT2D eigenvalue weighted by Gasteiger charge is 2.05. The zero-order valence-corrected chi connectivity index (χ0v) is 15.3. The summed E-state index contributed by atoms with van der Waals surface area (Å²) in [7, 11) is 0. The van der Waals surface area contributed by atoms with Crippen LogP contribution in [0.25, 0.3) is 16.6 Å². The summed E-state index contributed by atoms with van der Waals surface area (Å²) in [6.45, 7) is 5.98. The van der Waals surface area contributed by atoms with Gasteiger partial charge in [-0.3, -0.25) is 10.2 Å². The van der Waals surface area contributed by atoms with Crippen molar-refractivity contribution in [2.45, 2.75) is 20.8 Å². The Morgan fingerprint density at radius 1 is 1.08 bits per heavy atom. The van der Waals surface area contributed by atoms with Crippen LogP contribution in [0.2, 0.25) is 0 Å². The van der Waals surface area contributed by atoms with Crippen molar-refractivity contribution in [3.05, 3.63) is 76.5 Å². The van der Waals surface area contributed by atoms with E-state index in [9.17, 15) is 4.79 Å². The van der Waals surface area contributed by atoms with Crippen LogP contribution in [0.3, 0.4) is 0 Å². The Balaban J connectivity index is 0.000000187. The highest BCUT2D eigenvalue weighted by Crippen LogP contribution is 2.21. The number of aldehydes is 1. The Labute approximate surface area is 153 Å². The second-order valence-corrected chi connectivity index (χ2v) is 6.20. The number of rotatable bonds is 3. The van der Waals surface area contributed by atoms with E-state index in [0.717, 1.165) is 33.9 Å². The van der Waals surface area contributed by atoms with Gasteiger partial charge in [0, 0.05) is 28.2 Å². The van der Waals surface area contributed by atoms with Gasteiger partial charge in [-0.25, -0.2) is 0 Å². The SMILES string of the molecule is Cc1ccc2[nH]c(C=O)c(C)c2c1.Cc1ccccc1/C(N)=C/C(=N)N. The van der Waals surface area contributed by atoms with Gasteiger partial charge in [-0.15, -0.1) is 0 Å². The summed E-state index contributed by atoms with van der Waals surface area (Å²) in [5.74, 6) is -0.0271. The number of benzene rings is 2. The monoisotopic (exact) mass is 348 g/mol. The van der Waals surface area contributed by atoms with Gasteiger partial charge in [-0.05, 0) is 44.0 Å². The number of nitrogens with two attached hydrogens (primary N) is 2. The van der Waals surface area contributed by atoms with Crippen molar-refractivity contribution in [1.82, 2.24) is 4.98 Å². The molecule has 0 atom stereocenters. The van der Waals surface area contributed by atoms with Crippen LogP contribution in [0.5, 0.6) is 0 Å². The predicted molar refractivity (Wildman–Crippen MR) is 108 cm³/mol. The molecule has 5 nitrogen and oxygen atoms in total. The molecule has 0 radical (unpaired) electrons. The zero-order valence-electron chi connectivity index (χ0n) is 15.3. The number of amidine groups is 1. The average Bonchev–Trinajstić information content (AvgIpc) is 2.91. The maximum atomic E-state index is 10.7. The normalized spacial score (nSPS) is 11.0. The molecule has 0 aliphatic carbocycles. The van der Waals surface area contributed by atoms with Crippen molar-refractivity contribution < 1.29 is 4.79 Å². The summed E-state index contributed by atoms with van der Waals surface area (Å²) in [6, 6.07) is 13.9. The second kappa shape index (κ2) is 8.16. The van der Waals surface area contributed by atoms with Gasteiger partial charge in [0.2, 0.25) is 0 Å². The Kier molecular flexibility index (Phi) is 5.96. The number of fused-ring (bicyclic) bond motifs is 1. The lowest BCUT2D eigenvalue weighted by atomic mass is 10.1. The number of hydrogen-bond donors (Lipinski definition) is 4. The zero-order chi connectivity index (χ0) is 19.3. The molecule has 6 N–H and O–H groups in total. The van der Waals surface area contributed by atoms with E-state index in [1.165, 1.54) is 11.6 Å². The van der Waals surface area contributed by atoms with Crippen LogP contribution >= 0.6 is 0 Å². The van der Waals surface area contributed by atoms with Crippen LogP contribution in [0, 0.1) is 26.2 Å². The van der Waals surface area contributed by atoms with E-state index >= 15 is 0 Å². The molecule has 2 aromatic carbocycles. The predicted octanol–water partition coefficient (Wildman–Crippen LogP) is 3.83. The molecule has 0 spiro atoms. The third kappa shape index (κ3) is 4.39. The van der Waals surface area contributed by atoms with E-state index in [0.29, 0.717) is 11.4 Å². The van der Waals surface area contributed by atoms with Crippen molar-refractivity contribution in [1.29, 1.82) is 5.41 Å². The van der Waals surface area contributed by atoms with Crippen molar-refractivity contribution in [2.24, 2.45) is 11.5 Å². The number of H-pyrrole nitrogens is 1. The quantitative estimate of drug-likeness (QED) is 0.328. The lowest BCUT2D eigenvalue weighted by Crippen LogP contribution is -2.09. The minimum atomic E-state index is -0.0271. The summed E-state index contributed by atoms with van der Waals surface area (Å²) in [5, 5.41) is 8.21. The number of aromatic nitrogens is 1. The number of nitrogens with one attached hydrogen (secondary N) is 2. The van der Waals surface area contributed by atoms with Crippen LogP contribution in [-0.2, 0) is 0 Å². The molecule has 0 aliphatic rings. The van der Waals surface area contributed by atoms with Crippen LogP contribution in [-0.4, -0.2) is 17.1 Å². The van der Waals surface area contributed by atoms with E-state index in [4.69, 9.17) is 16.9 Å². The lowest BCUT2D eigenvalue weighted by Gasteiger charge is -2.04. The summed E-state index contributed by atoms with van der Waals surface area (Å²) < 4.78 is 0. The van der Waals surface area contributed by atoms with Gasteiger partial charge in [0.15, 0.2) is 6.29 Å². The van der Waals surface area contributed by atoms with Gasteiger partial charge in [0.05, 0.1) is 5.69 Å². The number of carbonyl (C=O) groups is 1. The Morgan fingerprint density at radius 3 is 2.38 bits per heavy atom. The standard InChI is InChI=1S/C11H11NO.C10H13N3/c1-7-3-4-10-9(5-7)8(2)11(6-13)12-10;1-7-4-2-3-5-8(7)9(11)6-10(12)13/h3-6,12H,1-2H3;2-6H,11H2,1H3,(H3,12,13)/b;9-6-. The van der Waals surface area contributed by atoms with E-state index in [2.05, 4.69) is 11.1 Å². The molecule has 0 unspecified atom stereocenters. The second-order valence-electron chi connectivity index (χ2n) is 6.20. The Bertz CT molecular complexity index is 983. The van der Waals surface area contributed by atoms with Crippen LogP contribution in [0.15, 0.2) is 48.5 Å². The largest absolute Gasteiger partial charge is 0.398 e. The molecule has 3 rings (SSSR count).